The van der Waals surface area contributed by atoms with Gasteiger partial charge in [0.15, 0.2) is 0 Å². The summed E-state index contributed by atoms with van der Waals surface area (Å²) in [6, 6.07) is 0. The summed E-state index contributed by atoms with van der Waals surface area (Å²) in [5.41, 5.74) is -0.0289. The Balaban J connectivity index is 2.61. The minimum atomic E-state index is -0.255. The minimum absolute atomic E-state index is 0.0231. The molecule has 2 atom stereocenters. The van der Waals surface area contributed by atoms with Crippen molar-refractivity contribution < 1.29 is 9.84 Å². The van der Waals surface area contributed by atoms with Crippen LogP contribution in [0.5, 0.6) is 0 Å². The molecule has 0 aromatic rings. The number of hydrogen-bond acceptors (Lipinski definition) is 2. The van der Waals surface area contributed by atoms with Gasteiger partial charge in [0.25, 0.3) is 0 Å². The molecule has 0 amide bonds. The monoisotopic (exact) mass is 158 g/mol. The zero-order valence-electron chi connectivity index (χ0n) is 7.63. The lowest BCUT2D eigenvalue weighted by Crippen LogP contribution is -2.26. The first kappa shape index (κ1) is 9.01. The molecule has 0 aromatic carbocycles. The van der Waals surface area contributed by atoms with Crippen LogP contribution < -0.4 is 0 Å². The number of rotatable bonds is 2. The van der Waals surface area contributed by atoms with Gasteiger partial charge in [0, 0.05) is 6.42 Å². The van der Waals surface area contributed by atoms with Crippen molar-refractivity contribution in [1.29, 1.82) is 0 Å². The lowest BCUT2D eigenvalue weighted by atomic mass is 9.93. The van der Waals surface area contributed by atoms with Crippen molar-refractivity contribution in [3.05, 3.63) is 0 Å². The van der Waals surface area contributed by atoms with Gasteiger partial charge in [-0.2, -0.15) is 0 Å². The van der Waals surface area contributed by atoms with Crippen molar-refractivity contribution in [3.63, 3.8) is 0 Å². The summed E-state index contributed by atoms with van der Waals surface area (Å²) in [6.45, 7) is 6.18. The zero-order valence-corrected chi connectivity index (χ0v) is 7.63. The molecule has 0 bridgehead atoms. The Bertz CT molecular complexity index is 118. The van der Waals surface area contributed by atoms with Crippen molar-refractivity contribution in [2.24, 2.45) is 0 Å². The molecular formula is C9H18O2. The second-order valence-electron chi connectivity index (χ2n) is 3.48. The average molecular weight is 158 g/mol. The fourth-order valence-electron chi connectivity index (χ4n) is 1.77. The lowest BCUT2D eigenvalue weighted by Gasteiger charge is -2.25. The summed E-state index contributed by atoms with van der Waals surface area (Å²) in [5.74, 6) is 0. The molecule has 1 aliphatic heterocycles. The van der Waals surface area contributed by atoms with E-state index in [0.717, 1.165) is 19.3 Å². The van der Waals surface area contributed by atoms with E-state index in [9.17, 15) is 5.11 Å². The third-order valence-corrected chi connectivity index (χ3v) is 2.85. The highest BCUT2D eigenvalue weighted by Crippen LogP contribution is 2.35. The smallest absolute Gasteiger partial charge is 0.0826 e. The van der Waals surface area contributed by atoms with Gasteiger partial charge in [-0.25, -0.2) is 0 Å². The molecule has 1 heterocycles. The van der Waals surface area contributed by atoms with Crippen molar-refractivity contribution in [1.82, 2.24) is 0 Å². The first-order valence-corrected chi connectivity index (χ1v) is 4.49. The fraction of sp³-hybridized carbons (Fsp3) is 1.00. The Labute approximate surface area is 68.6 Å². The number of ether oxygens (including phenoxy) is 1. The van der Waals surface area contributed by atoms with Gasteiger partial charge >= 0.3 is 0 Å². The molecule has 2 nitrogen and oxygen atoms in total. The molecule has 0 saturated carbocycles. The van der Waals surface area contributed by atoms with Gasteiger partial charge in [-0.05, 0) is 19.8 Å². The molecule has 1 N–H and O–H groups in total. The first-order chi connectivity index (χ1) is 5.13. The Morgan fingerprint density at radius 1 is 1.45 bits per heavy atom. The molecule has 1 fully saturated rings. The van der Waals surface area contributed by atoms with Crippen LogP contribution in [0, 0.1) is 0 Å². The molecule has 0 spiro atoms. The topological polar surface area (TPSA) is 29.5 Å². The third kappa shape index (κ3) is 1.57. The second-order valence-corrected chi connectivity index (χ2v) is 3.48. The van der Waals surface area contributed by atoms with E-state index in [1.54, 1.807) is 0 Å². The van der Waals surface area contributed by atoms with Gasteiger partial charge in [0.2, 0.25) is 0 Å². The van der Waals surface area contributed by atoms with E-state index in [1.807, 2.05) is 6.92 Å². The Morgan fingerprint density at radius 3 is 2.18 bits per heavy atom. The van der Waals surface area contributed by atoms with Crippen LogP contribution in [0.15, 0.2) is 0 Å². The highest BCUT2D eigenvalue weighted by molar-refractivity contribution is 4.90. The van der Waals surface area contributed by atoms with Crippen LogP contribution in [0.1, 0.15) is 40.0 Å². The van der Waals surface area contributed by atoms with Crippen LogP contribution >= 0.6 is 0 Å². The van der Waals surface area contributed by atoms with E-state index < -0.39 is 0 Å². The Morgan fingerprint density at radius 2 is 2.00 bits per heavy atom. The molecule has 0 aliphatic carbocycles. The molecule has 1 saturated heterocycles. The van der Waals surface area contributed by atoms with Crippen molar-refractivity contribution >= 4 is 0 Å². The maximum absolute atomic E-state index is 9.47. The number of hydrogen-bond donors (Lipinski definition) is 1. The van der Waals surface area contributed by atoms with Crippen LogP contribution in [0.2, 0.25) is 0 Å². The van der Waals surface area contributed by atoms with E-state index in [2.05, 4.69) is 13.8 Å². The molecule has 0 radical (unpaired) electrons. The maximum Gasteiger partial charge on any atom is 0.0826 e. The minimum Gasteiger partial charge on any atom is -0.390 e. The second kappa shape index (κ2) is 3.11. The van der Waals surface area contributed by atoms with E-state index >= 15 is 0 Å². The molecule has 0 aromatic heterocycles. The van der Waals surface area contributed by atoms with Gasteiger partial charge in [-0.1, -0.05) is 13.8 Å². The Hall–Kier alpha value is -0.0800. The molecule has 1 rings (SSSR count). The zero-order chi connectivity index (χ0) is 8.48. The maximum atomic E-state index is 9.47. The van der Waals surface area contributed by atoms with Crippen LogP contribution in [-0.4, -0.2) is 22.9 Å². The van der Waals surface area contributed by atoms with E-state index in [1.165, 1.54) is 0 Å². The van der Waals surface area contributed by atoms with Gasteiger partial charge in [0.1, 0.15) is 0 Å². The summed E-state index contributed by atoms with van der Waals surface area (Å²) in [7, 11) is 0. The van der Waals surface area contributed by atoms with Gasteiger partial charge in [-0.15, -0.1) is 0 Å². The van der Waals surface area contributed by atoms with Crippen LogP contribution in [0.25, 0.3) is 0 Å². The van der Waals surface area contributed by atoms with E-state index in [-0.39, 0.29) is 17.8 Å². The normalized spacial score (nSPS) is 36.0. The SMILES string of the molecule is CCC1(CC)CC(O)C(C)O1. The molecule has 2 heteroatoms. The third-order valence-electron chi connectivity index (χ3n) is 2.85. The lowest BCUT2D eigenvalue weighted by molar-refractivity contribution is -0.0481. The number of aliphatic hydroxyl groups is 1. The molecule has 1 aliphatic rings. The van der Waals surface area contributed by atoms with Gasteiger partial charge in [0.05, 0.1) is 17.8 Å². The molecule has 2 unspecified atom stereocenters. The van der Waals surface area contributed by atoms with Gasteiger partial charge in [-0.3, -0.25) is 0 Å². The van der Waals surface area contributed by atoms with Gasteiger partial charge < -0.3 is 9.84 Å². The average Bonchev–Trinajstić information content (AvgIpc) is 2.29. The van der Waals surface area contributed by atoms with Crippen molar-refractivity contribution in [3.8, 4) is 0 Å². The van der Waals surface area contributed by atoms with Crippen molar-refractivity contribution in [2.45, 2.75) is 57.8 Å². The highest BCUT2D eigenvalue weighted by atomic mass is 16.5. The van der Waals surface area contributed by atoms with Crippen LogP contribution in [0.4, 0.5) is 0 Å². The van der Waals surface area contributed by atoms with Crippen LogP contribution in [-0.2, 0) is 4.74 Å². The summed E-state index contributed by atoms with van der Waals surface area (Å²) < 4.78 is 5.71. The summed E-state index contributed by atoms with van der Waals surface area (Å²) in [4.78, 5) is 0. The Kier molecular flexibility index (Phi) is 2.55. The summed E-state index contributed by atoms with van der Waals surface area (Å²) >= 11 is 0. The quantitative estimate of drug-likeness (QED) is 0.663. The standard InChI is InChI=1S/C9H18O2/c1-4-9(5-2)6-8(10)7(3)11-9/h7-8,10H,4-6H2,1-3H3. The van der Waals surface area contributed by atoms with E-state index in [0.29, 0.717) is 0 Å². The predicted molar refractivity (Wildman–Crippen MR) is 44.5 cm³/mol. The summed E-state index contributed by atoms with van der Waals surface area (Å²) in [6.07, 6.45) is 2.58. The molecule has 11 heavy (non-hydrogen) atoms. The fourth-order valence-corrected chi connectivity index (χ4v) is 1.77. The first-order valence-electron chi connectivity index (χ1n) is 4.49. The largest absolute Gasteiger partial charge is 0.390 e. The van der Waals surface area contributed by atoms with Crippen LogP contribution in [0.3, 0.4) is 0 Å². The molecule has 66 valence electrons. The molecular weight excluding hydrogens is 140 g/mol. The number of aliphatic hydroxyl groups excluding tert-OH is 1. The van der Waals surface area contributed by atoms with Crippen molar-refractivity contribution in [2.75, 3.05) is 0 Å². The predicted octanol–water partition coefficient (Wildman–Crippen LogP) is 1.71. The highest BCUT2D eigenvalue weighted by Gasteiger charge is 2.40. The summed E-state index contributed by atoms with van der Waals surface area (Å²) in [5, 5.41) is 9.47. The van der Waals surface area contributed by atoms with E-state index in [4.69, 9.17) is 4.74 Å².